The summed E-state index contributed by atoms with van der Waals surface area (Å²) < 4.78 is 36.2. The SMILES string of the molecule is CN1CCC(NC(=O)C(N)CCS(C)(=O)=O)C1c1ccc(Cl)c(F)c1.Cl. The van der Waals surface area contributed by atoms with Crippen molar-refractivity contribution in [2.45, 2.75) is 31.0 Å². The van der Waals surface area contributed by atoms with Gasteiger partial charge in [0.25, 0.3) is 0 Å². The molecule has 0 aromatic heterocycles. The summed E-state index contributed by atoms with van der Waals surface area (Å²) in [7, 11) is -1.28. The number of carbonyl (C=O) groups excluding carboxylic acids is 1. The Balaban J connectivity index is 0.00000338. The lowest BCUT2D eigenvalue weighted by atomic mass is 9.99. The second-order valence-corrected chi connectivity index (χ2v) is 9.19. The molecule has 3 unspecified atom stereocenters. The van der Waals surface area contributed by atoms with E-state index in [-0.39, 0.29) is 41.7 Å². The van der Waals surface area contributed by atoms with Gasteiger partial charge in [-0.15, -0.1) is 12.4 Å². The summed E-state index contributed by atoms with van der Waals surface area (Å²) in [6, 6.07) is 3.27. The first-order chi connectivity index (χ1) is 11.6. The average Bonchev–Trinajstić information content (AvgIpc) is 2.87. The van der Waals surface area contributed by atoms with E-state index >= 15 is 0 Å². The van der Waals surface area contributed by atoms with E-state index in [0.29, 0.717) is 6.42 Å². The third kappa shape index (κ3) is 6.06. The molecule has 0 spiro atoms. The highest BCUT2D eigenvalue weighted by Crippen LogP contribution is 2.32. The Morgan fingerprint density at radius 3 is 2.73 bits per heavy atom. The normalized spacial score (nSPS) is 21.9. The molecule has 1 amide bonds. The first-order valence-electron chi connectivity index (χ1n) is 7.97. The minimum absolute atomic E-state index is 0. The van der Waals surface area contributed by atoms with Crippen molar-refractivity contribution in [1.29, 1.82) is 0 Å². The summed E-state index contributed by atoms with van der Waals surface area (Å²) in [6.07, 6.45) is 1.86. The van der Waals surface area contributed by atoms with E-state index in [1.54, 1.807) is 6.07 Å². The highest BCUT2D eigenvalue weighted by molar-refractivity contribution is 7.90. The standard InChI is InChI=1S/C16H23ClFN3O3S.ClH/c1-21-7-5-14(15(21)10-3-4-11(17)12(18)9-10)20-16(22)13(19)6-8-25(2,23)24;/h3-4,9,13-15H,5-8,19H2,1-2H3,(H,20,22);1H. The Morgan fingerprint density at radius 2 is 2.15 bits per heavy atom. The highest BCUT2D eigenvalue weighted by Gasteiger charge is 2.35. The van der Waals surface area contributed by atoms with Gasteiger partial charge in [0.1, 0.15) is 15.7 Å². The van der Waals surface area contributed by atoms with Gasteiger partial charge in [-0.1, -0.05) is 17.7 Å². The topological polar surface area (TPSA) is 92.5 Å². The average molecular weight is 428 g/mol. The minimum atomic E-state index is -3.17. The zero-order chi connectivity index (χ0) is 18.8. The molecule has 0 aliphatic carbocycles. The Bertz CT molecular complexity index is 748. The second kappa shape index (κ2) is 9.32. The molecule has 26 heavy (non-hydrogen) atoms. The molecule has 6 nitrogen and oxygen atoms in total. The molecule has 1 aromatic rings. The van der Waals surface area contributed by atoms with Crippen LogP contribution in [0.1, 0.15) is 24.4 Å². The summed E-state index contributed by atoms with van der Waals surface area (Å²) in [5.74, 6) is -1.05. The quantitative estimate of drug-likeness (QED) is 0.717. The number of carbonyl (C=O) groups is 1. The van der Waals surface area contributed by atoms with Crippen molar-refractivity contribution >= 4 is 39.8 Å². The molecule has 1 fully saturated rings. The summed E-state index contributed by atoms with van der Waals surface area (Å²) in [6.45, 7) is 0.735. The molecule has 0 saturated carbocycles. The van der Waals surface area contributed by atoms with Crippen LogP contribution in [-0.2, 0) is 14.6 Å². The fourth-order valence-electron chi connectivity index (χ4n) is 3.04. The van der Waals surface area contributed by atoms with E-state index in [1.807, 2.05) is 11.9 Å². The fourth-order valence-corrected chi connectivity index (χ4v) is 3.84. The van der Waals surface area contributed by atoms with Crippen molar-refractivity contribution < 1.29 is 17.6 Å². The smallest absolute Gasteiger partial charge is 0.237 e. The number of rotatable bonds is 6. The number of nitrogens with zero attached hydrogens (tertiary/aromatic N) is 1. The van der Waals surface area contributed by atoms with Crippen LogP contribution < -0.4 is 11.1 Å². The number of nitrogens with one attached hydrogen (secondary N) is 1. The molecule has 148 valence electrons. The molecule has 1 heterocycles. The second-order valence-electron chi connectivity index (χ2n) is 6.53. The summed E-state index contributed by atoms with van der Waals surface area (Å²) >= 11 is 5.73. The molecule has 1 aliphatic rings. The fraction of sp³-hybridized carbons (Fsp3) is 0.562. The maximum Gasteiger partial charge on any atom is 0.237 e. The number of halogens is 3. The maximum atomic E-state index is 13.8. The van der Waals surface area contributed by atoms with E-state index < -0.39 is 27.6 Å². The van der Waals surface area contributed by atoms with Gasteiger partial charge < -0.3 is 11.1 Å². The van der Waals surface area contributed by atoms with Crippen LogP contribution >= 0.6 is 24.0 Å². The van der Waals surface area contributed by atoms with Gasteiger partial charge >= 0.3 is 0 Å². The van der Waals surface area contributed by atoms with E-state index in [2.05, 4.69) is 5.32 Å². The Labute approximate surface area is 164 Å². The van der Waals surface area contributed by atoms with Gasteiger partial charge in [0.2, 0.25) is 5.91 Å². The van der Waals surface area contributed by atoms with Crippen LogP contribution in [0.2, 0.25) is 5.02 Å². The van der Waals surface area contributed by atoms with Gasteiger partial charge in [-0.25, -0.2) is 12.8 Å². The van der Waals surface area contributed by atoms with Crippen molar-refractivity contribution in [3.05, 3.63) is 34.6 Å². The van der Waals surface area contributed by atoms with Crippen molar-refractivity contribution in [1.82, 2.24) is 10.2 Å². The van der Waals surface area contributed by atoms with E-state index in [1.165, 1.54) is 12.1 Å². The van der Waals surface area contributed by atoms with Crippen LogP contribution in [0.15, 0.2) is 18.2 Å². The molecular weight excluding hydrogens is 404 g/mol. The molecule has 1 saturated heterocycles. The van der Waals surface area contributed by atoms with E-state index in [0.717, 1.165) is 18.4 Å². The molecule has 10 heteroatoms. The van der Waals surface area contributed by atoms with Crippen LogP contribution in [-0.4, -0.2) is 56.9 Å². The third-order valence-electron chi connectivity index (χ3n) is 4.40. The molecule has 1 aliphatic heterocycles. The number of benzene rings is 1. The number of sulfone groups is 1. The lowest BCUT2D eigenvalue weighted by molar-refractivity contribution is -0.123. The number of likely N-dealkylation sites (N-methyl/N-ethyl adjacent to an activating group) is 1. The van der Waals surface area contributed by atoms with Crippen molar-refractivity contribution in [3.63, 3.8) is 0 Å². The van der Waals surface area contributed by atoms with Crippen LogP contribution in [0.5, 0.6) is 0 Å². The highest BCUT2D eigenvalue weighted by atomic mass is 35.5. The van der Waals surface area contributed by atoms with E-state index in [9.17, 15) is 17.6 Å². The van der Waals surface area contributed by atoms with Crippen LogP contribution in [0.25, 0.3) is 0 Å². The Kier molecular flexibility index (Phi) is 8.29. The van der Waals surface area contributed by atoms with Gasteiger partial charge in [-0.3, -0.25) is 9.69 Å². The minimum Gasteiger partial charge on any atom is -0.350 e. The largest absolute Gasteiger partial charge is 0.350 e. The number of likely N-dealkylation sites (tertiary alicyclic amines) is 1. The molecular formula is C16H24Cl2FN3O3S. The Hall–Kier alpha value is -0.930. The summed E-state index contributed by atoms with van der Waals surface area (Å²) in [5, 5.41) is 2.92. The molecule has 0 radical (unpaired) electrons. The lowest BCUT2D eigenvalue weighted by Crippen LogP contribution is -2.47. The predicted molar refractivity (Wildman–Crippen MR) is 103 cm³/mol. The zero-order valence-electron chi connectivity index (χ0n) is 14.6. The molecule has 0 bridgehead atoms. The van der Waals surface area contributed by atoms with Gasteiger partial charge in [-0.05, 0) is 37.6 Å². The lowest BCUT2D eigenvalue weighted by Gasteiger charge is -2.27. The van der Waals surface area contributed by atoms with E-state index in [4.69, 9.17) is 17.3 Å². The number of nitrogens with two attached hydrogens (primary N) is 1. The zero-order valence-corrected chi connectivity index (χ0v) is 17.0. The van der Waals surface area contributed by atoms with Crippen LogP contribution in [0.4, 0.5) is 4.39 Å². The molecule has 3 N–H and O–H groups in total. The van der Waals surface area contributed by atoms with Crippen molar-refractivity contribution in [3.8, 4) is 0 Å². The monoisotopic (exact) mass is 427 g/mol. The van der Waals surface area contributed by atoms with Crippen LogP contribution in [0, 0.1) is 5.82 Å². The van der Waals surface area contributed by atoms with Gasteiger partial charge in [-0.2, -0.15) is 0 Å². The first-order valence-corrected chi connectivity index (χ1v) is 10.4. The number of hydrogen-bond donors (Lipinski definition) is 2. The summed E-state index contributed by atoms with van der Waals surface area (Å²) in [4.78, 5) is 14.3. The van der Waals surface area contributed by atoms with Crippen LogP contribution in [0.3, 0.4) is 0 Å². The van der Waals surface area contributed by atoms with Gasteiger partial charge in [0, 0.05) is 18.8 Å². The van der Waals surface area contributed by atoms with Crippen molar-refractivity contribution in [2.24, 2.45) is 5.73 Å². The maximum absolute atomic E-state index is 13.8. The molecule has 2 rings (SSSR count). The Morgan fingerprint density at radius 1 is 1.50 bits per heavy atom. The van der Waals surface area contributed by atoms with Crippen molar-refractivity contribution in [2.75, 3.05) is 25.6 Å². The number of amides is 1. The number of hydrogen-bond acceptors (Lipinski definition) is 5. The molecule has 3 atom stereocenters. The van der Waals surface area contributed by atoms with Gasteiger partial charge in [0.15, 0.2) is 0 Å². The predicted octanol–water partition coefficient (Wildman–Crippen LogP) is 1.52. The van der Waals surface area contributed by atoms with Gasteiger partial charge in [0.05, 0.1) is 22.9 Å². The first kappa shape index (κ1) is 23.1. The molecule has 1 aromatic carbocycles. The third-order valence-corrected chi connectivity index (χ3v) is 5.68. The summed E-state index contributed by atoms with van der Waals surface area (Å²) in [5.41, 5.74) is 6.52.